The van der Waals surface area contributed by atoms with Crippen molar-refractivity contribution in [2.45, 2.75) is 39.2 Å². The van der Waals surface area contributed by atoms with Crippen molar-refractivity contribution in [3.05, 3.63) is 54.4 Å². The van der Waals surface area contributed by atoms with E-state index in [-0.39, 0.29) is 23.5 Å². The lowest BCUT2D eigenvalue weighted by molar-refractivity contribution is -0.141. The second-order valence-electron chi connectivity index (χ2n) is 9.62. The van der Waals surface area contributed by atoms with Crippen molar-refractivity contribution in [1.29, 1.82) is 0 Å². The zero-order valence-corrected chi connectivity index (χ0v) is 18.4. The summed E-state index contributed by atoms with van der Waals surface area (Å²) < 4.78 is 5.94. The Hall–Kier alpha value is -3.09. The van der Waals surface area contributed by atoms with Gasteiger partial charge < -0.3 is 19.9 Å². The molecular weight excluding hydrogens is 392 g/mol. The Kier molecular flexibility index (Phi) is 5.85. The summed E-state index contributed by atoms with van der Waals surface area (Å²) in [6.45, 7) is 8.86. The normalized spacial score (nSPS) is 17.0. The van der Waals surface area contributed by atoms with E-state index in [1.54, 1.807) is 11.1 Å². The molecule has 0 aliphatic carbocycles. The van der Waals surface area contributed by atoms with Gasteiger partial charge in [0, 0.05) is 43.5 Å². The third kappa shape index (κ3) is 5.34. The first-order valence-electron chi connectivity index (χ1n) is 10.8. The molecule has 7 nitrogen and oxygen atoms in total. The summed E-state index contributed by atoms with van der Waals surface area (Å²) in [4.78, 5) is 32.4. The number of anilines is 1. The van der Waals surface area contributed by atoms with E-state index in [9.17, 15) is 9.59 Å². The Labute approximate surface area is 183 Å². The Bertz CT molecular complexity index is 912. The van der Waals surface area contributed by atoms with Crippen LogP contribution in [0.25, 0.3) is 0 Å². The topological polar surface area (TPSA) is 74.8 Å². The van der Waals surface area contributed by atoms with Gasteiger partial charge in [-0.1, -0.05) is 26.8 Å². The maximum Gasteiger partial charge on any atom is 0.321 e. The van der Waals surface area contributed by atoms with Crippen LogP contribution in [0.3, 0.4) is 0 Å². The lowest BCUT2D eigenvalue weighted by Gasteiger charge is -2.40. The molecule has 0 saturated carbocycles. The molecule has 2 aliphatic heterocycles. The summed E-state index contributed by atoms with van der Waals surface area (Å²) in [5.74, 6) is 1.28. The molecule has 0 spiro atoms. The van der Waals surface area contributed by atoms with Crippen molar-refractivity contribution in [2.75, 3.05) is 31.5 Å². The minimum atomic E-state index is -0.0965. The van der Waals surface area contributed by atoms with Crippen LogP contribution in [-0.2, 0) is 4.79 Å². The number of pyridine rings is 1. The summed E-state index contributed by atoms with van der Waals surface area (Å²) in [5.41, 5.74) is 1.90. The molecule has 2 aromatic rings. The van der Waals surface area contributed by atoms with E-state index >= 15 is 0 Å². The maximum atomic E-state index is 12.4. The molecule has 31 heavy (non-hydrogen) atoms. The second-order valence-corrected chi connectivity index (χ2v) is 9.62. The largest absolute Gasteiger partial charge is 0.487 e. The minimum absolute atomic E-state index is 0.000981. The number of nitrogens with zero attached hydrogens (tertiary/aromatic N) is 3. The van der Waals surface area contributed by atoms with E-state index in [4.69, 9.17) is 4.74 Å². The van der Waals surface area contributed by atoms with E-state index in [1.165, 1.54) is 5.56 Å². The number of carbonyl (C=O) groups excluding carboxylic acids is 2. The van der Waals surface area contributed by atoms with Crippen molar-refractivity contribution in [1.82, 2.24) is 14.8 Å². The highest BCUT2D eigenvalue weighted by molar-refractivity contribution is 5.90. The molecule has 0 radical (unpaired) electrons. The van der Waals surface area contributed by atoms with Crippen molar-refractivity contribution in [3.63, 3.8) is 0 Å². The van der Waals surface area contributed by atoms with E-state index in [2.05, 4.69) is 31.1 Å². The molecular formula is C24H30N4O3. The number of rotatable bonds is 5. The van der Waals surface area contributed by atoms with Gasteiger partial charge in [0.05, 0.1) is 13.1 Å². The Balaban J connectivity index is 1.19. The van der Waals surface area contributed by atoms with Gasteiger partial charge in [0.25, 0.3) is 0 Å². The predicted octanol–water partition coefficient (Wildman–Crippen LogP) is 3.74. The minimum Gasteiger partial charge on any atom is -0.487 e. The smallest absolute Gasteiger partial charge is 0.321 e. The van der Waals surface area contributed by atoms with Crippen molar-refractivity contribution >= 4 is 17.6 Å². The first kappa shape index (κ1) is 21.2. The fraction of sp³-hybridized carbons (Fsp3) is 0.458. The molecule has 2 saturated heterocycles. The highest BCUT2D eigenvalue weighted by Gasteiger charge is 2.34. The van der Waals surface area contributed by atoms with Gasteiger partial charge in [-0.05, 0) is 41.3 Å². The van der Waals surface area contributed by atoms with Gasteiger partial charge in [-0.3, -0.25) is 9.78 Å². The summed E-state index contributed by atoms with van der Waals surface area (Å²) >= 11 is 0. The highest BCUT2D eigenvalue weighted by Crippen LogP contribution is 2.28. The lowest BCUT2D eigenvalue weighted by atomic mass is 9.91. The molecule has 1 aromatic heterocycles. The summed E-state index contributed by atoms with van der Waals surface area (Å²) in [6.07, 6.45) is 4.19. The van der Waals surface area contributed by atoms with Gasteiger partial charge >= 0.3 is 6.03 Å². The van der Waals surface area contributed by atoms with Crippen LogP contribution in [0.4, 0.5) is 10.5 Å². The standard InChI is InChI=1S/C24H30N4O3/c1-24(2,3)11-22(29)27-15-21(16-27)31-20-8-6-19(7-9-20)26-23(30)28-13-18(14-28)17-5-4-10-25-12-17/h4-10,12,18,21H,11,13-16H2,1-3H3,(H,26,30). The van der Waals surface area contributed by atoms with Crippen LogP contribution in [-0.4, -0.2) is 59.0 Å². The number of urea groups is 1. The number of carbonyl (C=O) groups is 2. The molecule has 2 aliphatic rings. The summed E-state index contributed by atoms with van der Waals surface area (Å²) in [5, 5.41) is 2.93. The SMILES string of the molecule is CC(C)(C)CC(=O)N1CC(Oc2ccc(NC(=O)N3CC(c4cccnc4)C3)cc2)C1. The van der Waals surface area contributed by atoms with Gasteiger partial charge in [-0.2, -0.15) is 0 Å². The first-order valence-corrected chi connectivity index (χ1v) is 10.8. The second kappa shape index (κ2) is 8.57. The van der Waals surface area contributed by atoms with E-state index in [1.807, 2.05) is 47.5 Å². The average Bonchev–Trinajstić information content (AvgIpc) is 2.64. The van der Waals surface area contributed by atoms with Crippen LogP contribution in [0, 0.1) is 5.41 Å². The monoisotopic (exact) mass is 422 g/mol. The zero-order valence-electron chi connectivity index (χ0n) is 18.4. The quantitative estimate of drug-likeness (QED) is 0.797. The highest BCUT2D eigenvalue weighted by atomic mass is 16.5. The first-order chi connectivity index (χ1) is 14.8. The molecule has 0 bridgehead atoms. The maximum absolute atomic E-state index is 12.4. The molecule has 7 heteroatoms. The average molecular weight is 423 g/mol. The molecule has 2 fully saturated rings. The van der Waals surface area contributed by atoms with Crippen LogP contribution in [0.1, 0.15) is 38.7 Å². The predicted molar refractivity (Wildman–Crippen MR) is 119 cm³/mol. The molecule has 4 rings (SSSR count). The summed E-state index contributed by atoms with van der Waals surface area (Å²) in [6, 6.07) is 11.3. The van der Waals surface area contributed by atoms with E-state index in [0.29, 0.717) is 38.5 Å². The van der Waals surface area contributed by atoms with Crippen LogP contribution in [0.5, 0.6) is 5.75 Å². The third-order valence-corrected chi connectivity index (χ3v) is 5.62. The van der Waals surface area contributed by atoms with Crippen molar-refractivity contribution in [3.8, 4) is 5.75 Å². The van der Waals surface area contributed by atoms with Crippen LogP contribution in [0.15, 0.2) is 48.8 Å². The van der Waals surface area contributed by atoms with Gasteiger partial charge in [0.1, 0.15) is 11.9 Å². The van der Waals surface area contributed by atoms with E-state index < -0.39 is 0 Å². The molecule has 164 valence electrons. The molecule has 1 N–H and O–H groups in total. The fourth-order valence-electron chi connectivity index (χ4n) is 3.77. The number of ether oxygens (including phenoxy) is 1. The molecule has 3 heterocycles. The van der Waals surface area contributed by atoms with Crippen molar-refractivity contribution in [2.24, 2.45) is 5.41 Å². The van der Waals surface area contributed by atoms with Crippen LogP contribution >= 0.6 is 0 Å². The lowest BCUT2D eigenvalue weighted by Crippen LogP contribution is -2.56. The van der Waals surface area contributed by atoms with Gasteiger partial charge in [0.2, 0.25) is 5.91 Å². The number of amides is 3. The summed E-state index contributed by atoms with van der Waals surface area (Å²) in [7, 11) is 0. The molecule has 0 atom stereocenters. The number of hydrogen-bond donors (Lipinski definition) is 1. The van der Waals surface area contributed by atoms with Gasteiger partial charge in [-0.25, -0.2) is 4.79 Å². The van der Waals surface area contributed by atoms with Crippen molar-refractivity contribution < 1.29 is 14.3 Å². The fourth-order valence-corrected chi connectivity index (χ4v) is 3.77. The van der Waals surface area contributed by atoms with Gasteiger partial charge in [0.15, 0.2) is 0 Å². The number of hydrogen-bond acceptors (Lipinski definition) is 4. The third-order valence-electron chi connectivity index (χ3n) is 5.62. The van der Waals surface area contributed by atoms with E-state index in [0.717, 1.165) is 11.4 Å². The zero-order chi connectivity index (χ0) is 22.0. The van der Waals surface area contributed by atoms with Crippen LogP contribution < -0.4 is 10.1 Å². The number of likely N-dealkylation sites (tertiary alicyclic amines) is 2. The Morgan fingerprint density at radius 2 is 1.77 bits per heavy atom. The molecule has 0 unspecified atom stereocenters. The van der Waals surface area contributed by atoms with Gasteiger partial charge in [-0.15, -0.1) is 0 Å². The molecule has 1 aromatic carbocycles. The Morgan fingerprint density at radius 1 is 1.06 bits per heavy atom. The van der Waals surface area contributed by atoms with Crippen LogP contribution in [0.2, 0.25) is 0 Å². The number of nitrogens with one attached hydrogen (secondary N) is 1. The number of benzene rings is 1. The number of aromatic nitrogens is 1. The Morgan fingerprint density at radius 3 is 2.39 bits per heavy atom. The molecule has 3 amide bonds.